The summed E-state index contributed by atoms with van der Waals surface area (Å²) in [5.41, 5.74) is 1.14. The maximum Gasteiger partial charge on any atom is 0.268 e. The molecule has 0 saturated carbocycles. The van der Waals surface area contributed by atoms with Crippen molar-refractivity contribution in [2.24, 2.45) is 0 Å². The van der Waals surface area contributed by atoms with E-state index in [1.807, 2.05) is 47.8 Å². The smallest absolute Gasteiger partial charge is 0.268 e. The van der Waals surface area contributed by atoms with Crippen molar-refractivity contribution in [3.63, 3.8) is 0 Å². The third-order valence-corrected chi connectivity index (χ3v) is 6.09. The van der Waals surface area contributed by atoms with Crippen LogP contribution < -0.4 is 0 Å². The van der Waals surface area contributed by atoms with E-state index >= 15 is 0 Å². The molecule has 3 nitrogen and oxygen atoms in total. The number of carbonyl (C=O) groups is 2. The van der Waals surface area contributed by atoms with Gasteiger partial charge in [-0.25, -0.2) is 4.39 Å². The van der Waals surface area contributed by atoms with Gasteiger partial charge >= 0.3 is 0 Å². The SMILES string of the molecule is O=C1C(Sc2ccccc2)=C(c2cccs2)C(=O)N1Cc1ccc(F)cc1. The van der Waals surface area contributed by atoms with Crippen molar-refractivity contribution in [1.29, 1.82) is 0 Å². The lowest BCUT2D eigenvalue weighted by Crippen LogP contribution is -2.30. The maximum absolute atomic E-state index is 13.1. The largest absolute Gasteiger partial charge is 0.269 e. The Hall–Kier alpha value is -2.70. The summed E-state index contributed by atoms with van der Waals surface area (Å²) in [7, 11) is 0. The molecule has 1 aromatic heterocycles. The van der Waals surface area contributed by atoms with Crippen LogP contribution in [0.15, 0.2) is 81.9 Å². The molecule has 0 saturated heterocycles. The summed E-state index contributed by atoms with van der Waals surface area (Å²) in [5.74, 6) is -0.984. The van der Waals surface area contributed by atoms with Gasteiger partial charge in [0, 0.05) is 9.77 Å². The molecule has 27 heavy (non-hydrogen) atoms. The van der Waals surface area contributed by atoms with Gasteiger partial charge in [-0.15, -0.1) is 11.3 Å². The highest BCUT2D eigenvalue weighted by Gasteiger charge is 2.39. The predicted molar refractivity (Wildman–Crippen MR) is 105 cm³/mol. The summed E-state index contributed by atoms with van der Waals surface area (Å²) in [4.78, 5) is 29.4. The van der Waals surface area contributed by atoms with Crippen molar-refractivity contribution in [2.75, 3.05) is 0 Å². The second-order valence-electron chi connectivity index (χ2n) is 5.92. The summed E-state index contributed by atoms with van der Waals surface area (Å²) in [6, 6.07) is 19.0. The van der Waals surface area contributed by atoms with Crippen LogP contribution in [0.4, 0.5) is 4.39 Å². The minimum absolute atomic E-state index is 0.117. The van der Waals surface area contributed by atoms with Crippen LogP contribution in [-0.2, 0) is 16.1 Å². The highest BCUT2D eigenvalue weighted by atomic mass is 32.2. The molecule has 2 amide bonds. The van der Waals surface area contributed by atoms with Gasteiger partial charge in [-0.3, -0.25) is 14.5 Å². The van der Waals surface area contributed by atoms with E-state index in [1.54, 1.807) is 12.1 Å². The van der Waals surface area contributed by atoms with Crippen LogP contribution in [0, 0.1) is 5.82 Å². The van der Waals surface area contributed by atoms with E-state index in [0.717, 1.165) is 9.77 Å². The number of thiophene rings is 1. The molecule has 0 bridgehead atoms. The number of hydrogen-bond donors (Lipinski definition) is 0. The number of thioether (sulfide) groups is 1. The van der Waals surface area contributed by atoms with Gasteiger partial charge in [-0.2, -0.15) is 0 Å². The summed E-state index contributed by atoms with van der Waals surface area (Å²) in [5, 5.41) is 1.88. The Morgan fingerprint density at radius 1 is 0.889 bits per heavy atom. The second-order valence-corrected chi connectivity index (χ2v) is 7.95. The molecule has 0 radical (unpaired) electrons. The van der Waals surface area contributed by atoms with E-state index in [0.29, 0.717) is 16.0 Å². The Balaban J connectivity index is 1.69. The first kappa shape index (κ1) is 17.7. The van der Waals surface area contributed by atoms with Crippen LogP contribution in [0.25, 0.3) is 5.57 Å². The normalized spacial score (nSPS) is 14.3. The standard InChI is InChI=1S/C21H14FNO2S2/c22-15-10-8-14(9-11-15)13-23-20(24)18(17-7-4-12-26-17)19(21(23)25)27-16-5-2-1-3-6-16/h1-12H,13H2. The Kier molecular flexibility index (Phi) is 4.92. The topological polar surface area (TPSA) is 37.4 Å². The average molecular weight is 395 g/mol. The van der Waals surface area contributed by atoms with E-state index in [-0.39, 0.29) is 24.2 Å². The fourth-order valence-corrected chi connectivity index (χ4v) is 4.67. The zero-order valence-corrected chi connectivity index (χ0v) is 15.7. The molecule has 0 N–H and O–H groups in total. The Labute approximate surface area is 164 Å². The van der Waals surface area contributed by atoms with Crippen molar-refractivity contribution in [1.82, 2.24) is 4.90 Å². The molecule has 4 rings (SSSR count). The first-order valence-corrected chi connectivity index (χ1v) is 9.95. The highest BCUT2D eigenvalue weighted by Crippen LogP contribution is 2.41. The van der Waals surface area contributed by atoms with Gasteiger partial charge in [0.15, 0.2) is 0 Å². The number of benzene rings is 2. The molecular formula is C21H14FNO2S2. The van der Waals surface area contributed by atoms with Crippen LogP contribution in [0.1, 0.15) is 10.4 Å². The minimum atomic E-state index is -0.351. The molecule has 2 heterocycles. The van der Waals surface area contributed by atoms with E-state index in [1.165, 1.54) is 40.1 Å². The quantitative estimate of drug-likeness (QED) is 0.573. The number of nitrogens with zero attached hydrogens (tertiary/aromatic N) is 1. The zero-order valence-electron chi connectivity index (χ0n) is 14.1. The summed E-state index contributed by atoms with van der Waals surface area (Å²) < 4.78 is 13.1. The van der Waals surface area contributed by atoms with E-state index in [2.05, 4.69) is 0 Å². The lowest BCUT2D eigenvalue weighted by atomic mass is 10.2. The first-order valence-electron chi connectivity index (χ1n) is 8.25. The third-order valence-electron chi connectivity index (χ3n) is 4.11. The van der Waals surface area contributed by atoms with Gasteiger partial charge in [0.1, 0.15) is 5.82 Å². The number of hydrogen-bond acceptors (Lipinski definition) is 4. The lowest BCUT2D eigenvalue weighted by molar-refractivity contribution is -0.137. The lowest BCUT2D eigenvalue weighted by Gasteiger charge is -2.15. The van der Waals surface area contributed by atoms with Gasteiger partial charge in [-0.1, -0.05) is 48.2 Å². The van der Waals surface area contributed by atoms with Crippen molar-refractivity contribution < 1.29 is 14.0 Å². The Bertz CT molecular complexity index is 1010. The van der Waals surface area contributed by atoms with Crippen LogP contribution in [0.5, 0.6) is 0 Å². The Morgan fingerprint density at radius 3 is 2.30 bits per heavy atom. The van der Waals surface area contributed by atoms with E-state index < -0.39 is 0 Å². The van der Waals surface area contributed by atoms with Gasteiger partial charge in [0.25, 0.3) is 11.8 Å². The number of amides is 2. The average Bonchev–Trinajstić information content (AvgIpc) is 3.28. The molecule has 1 aliphatic rings. The number of rotatable bonds is 5. The molecule has 0 fully saturated rings. The van der Waals surface area contributed by atoms with Gasteiger partial charge in [0.05, 0.1) is 17.0 Å². The van der Waals surface area contributed by atoms with E-state index in [9.17, 15) is 14.0 Å². The van der Waals surface area contributed by atoms with Crippen LogP contribution in [0.3, 0.4) is 0 Å². The molecule has 0 aliphatic carbocycles. The molecule has 0 unspecified atom stereocenters. The minimum Gasteiger partial charge on any atom is -0.269 e. The van der Waals surface area contributed by atoms with Crippen molar-refractivity contribution >= 4 is 40.5 Å². The third kappa shape index (κ3) is 3.59. The number of halogens is 1. The summed E-state index contributed by atoms with van der Waals surface area (Å²) in [6.45, 7) is 0.117. The van der Waals surface area contributed by atoms with Gasteiger partial charge < -0.3 is 0 Å². The van der Waals surface area contributed by atoms with Crippen molar-refractivity contribution in [3.8, 4) is 0 Å². The second kappa shape index (κ2) is 7.50. The summed E-state index contributed by atoms with van der Waals surface area (Å²) in [6.07, 6.45) is 0. The number of carbonyl (C=O) groups excluding carboxylic acids is 2. The molecule has 3 aromatic rings. The highest BCUT2D eigenvalue weighted by molar-refractivity contribution is 8.04. The van der Waals surface area contributed by atoms with Gasteiger partial charge in [0.2, 0.25) is 0 Å². The van der Waals surface area contributed by atoms with Crippen molar-refractivity contribution in [3.05, 3.63) is 93.3 Å². The molecule has 2 aromatic carbocycles. The van der Waals surface area contributed by atoms with E-state index in [4.69, 9.17) is 0 Å². The molecule has 0 atom stereocenters. The molecule has 1 aliphatic heterocycles. The van der Waals surface area contributed by atoms with Crippen molar-refractivity contribution in [2.45, 2.75) is 11.4 Å². The zero-order chi connectivity index (χ0) is 18.8. The van der Waals surface area contributed by atoms with Gasteiger partial charge in [-0.05, 0) is 41.3 Å². The molecular weight excluding hydrogens is 381 g/mol. The molecule has 134 valence electrons. The Morgan fingerprint density at radius 2 is 1.63 bits per heavy atom. The molecule has 0 spiro atoms. The maximum atomic E-state index is 13.1. The fraction of sp³-hybridized carbons (Fsp3) is 0.0476. The number of imide groups is 1. The van der Waals surface area contributed by atoms with Crippen LogP contribution >= 0.6 is 23.1 Å². The first-order chi connectivity index (χ1) is 13.1. The fourth-order valence-electron chi connectivity index (χ4n) is 2.81. The van der Waals surface area contributed by atoms with Crippen LogP contribution in [-0.4, -0.2) is 16.7 Å². The summed E-state index contributed by atoms with van der Waals surface area (Å²) >= 11 is 2.73. The molecule has 6 heteroatoms. The van der Waals surface area contributed by atoms with Crippen LogP contribution in [0.2, 0.25) is 0 Å². The monoisotopic (exact) mass is 395 g/mol. The predicted octanol–water partition coefficient (Wildman–Crippen LogP) is 4.96.